The number of carbonyl (C=O) groups is 4. The summed E-state index contributed by atoms with van der Waals surface area (Å²) in [5.41, 5.74) is 2.08. The summed E-state index contributed by atoms with van der Waals surface area (Å²) < 4.78 is 0. The van der Waals surface area contributed by atoms with Crippen molar-refractivity contribution in [2.24, 2.45) is 0 Å². The number of hydrogen-bond donors (Lipinski definition) is 2. The van der Waals surface area contributed by atoms with Crippen molar-refractivity contribution in [2.45, 2.75) is 37.3 Å². The van der Waals surface area contributed by atoms with Gasteiger partial charge in [-0.2, -0.15) is 16.8 Å². The fourth-order valence-corrected chi connectivity index (χ4v) is 5.89. The van der Waals surface area contributed by atoms with Crippen molar-refractivity contribution in [3.8, 4) is 12.3 Å². The normalized spacial score (nSPS) is 19.2. The molecule has 2 heterocycles. The van der Waals surface area contributed by atoms with Crippen molar-refractivity contribution >= 4 is 35.6 Å². The van der Waals surface area contributed by atoms with Crippen LogP contribution in [0.5, 0.6) is 0 Å². The summed E-state index contributed by atoms with van der Waals surface area (Å²) in [4.78, 5) is 54.9. The summed E-state index contributed by atoms with van der Waals surface area (Å²) in [6.07, 6.45) is 4.44. The molecule has 0 saturated carbocycles. The van der Waals surface area contributed by atoms with Crippen molar-refractivity contribution in [3.63, 3.8) is 0 Å². The zero-order valence-electron chi connectivity index (χ0n) is 22.1. The predicted octanol–water partition coefficient (Wildman–Crippen LogP) is 2.23. The average molecular weight is 564 g/mol. The Bertz CT molecular complexity index is 1240. The van der Waals surface area contributed by atoms with E-state index >= 15 is 0 Å². The van der Waals surface area contributed by atoms with Crippen molar-refractivity contribution in [1.82, 2.24) is 25.1 Å². The molecule has 10 nitrogen and oxygen atoms in total. The minimum absolute atomic E-state index is 0.0233. The van der Waals surface area contributed by atoms with E-state index < -0.39 is 24.2 Å². The van der Waals surface area contributed by atoms with Crippen LogP contribution < -0.4 is 5.32 Å². The molecule has 0 bridgehead atoms. The number of urea groups is 1. The van der Waals surface area contributed by atoms with Crippen LogP contribution >= 0.6 is 11.8 Å². The molecular formula is C29H33N5O5S. The third-order valence-corrected chi connectivity index (χ3v) is 7.86. The number of aliphatic carboxylic acids is 1. The highest BCUT2D eigenvalue weighted by Crippen LogP contribution is 2.29. The number of thioether (sulfide) groups is 1. The summed E-state index contributed by atoms with van der Waals surface area (Å²) in [5.74, 6) is 2.20. The highest BCUT2D eigenvalue weighted by Gasteiger charge is 2.51. The van der Waals surface area contributed by atoms with E-state index in [-0.39, 0.29) is 50.8 Å². The first-order chi connectivity index (χ1) is 19.4. The number of carboxylic acids is 1. The maximum Gasteiger partial charge on any atom is 0.334 e. The molecule has 2 aromatic rings. The van der Waals surface area contributed by atoms with Gasteiger partial charge in [0.1, 0.15) is 12.2 Å². The van der Waals surface area contributed by atoms with Crippen LogP contribution in [0.3, 0.4) is 0 Å². The molecule has 11 heteroatoms. The topological polar surface area (TPSA) is 114 Å². The van der Waals surface area contributed by atoms with E-state index in [1.165, 1.54) is 20.5 Å². The molecule has 0 radical (unpaired) electrons. The van der Waals surface area contributed by atoms with Crippen LogP contribution in [-0.2, 0) is 26.7 Å². The average Bonchev–Trinajstić information content (AvgIpc) is 2.95. The summed E-state index contributed by atoms with van der Waals surface area (Å²) in [7, 11) is 0. The molecule has 40 heavy (non-hydrogen) atoms. The number of nitrogens with zero attached hydrogens (tertiary/aromatic N) is 4. The Morgan fingerprint density at radius 1 is 1.05 bits per heavy atom. The van der Waals surface area contributed by atoms with E-state index in [2.05, 4.69) is 11.2 Å². The van der Waals surface area contributed by atoms with Crippen molar-refractivity contribution in [3.05, 3.63) is 71.8 Å². The number of rotatable bonds is 11. The molecule has 2 fully saturated rings. The van der Waals surface area contributed by atoms with Crippen molar-refractivity contribution in [2.75, 3.05) is 31.9 Å². The van der Waals surface area contributed by atoms with Crippen LogP contribution in [0.1, 0.15) is 24.0 Å². The number of benzene rings is 2. The molecule has 2 N–H and O–H groups in total. The van der Waals surface area contributed by atoms with E-state index in [1.54, 1.807) is 16.7 Å². The SMILES string of the molecule is C#CCN1CC(=O)N2[C@@H](CCC(=O)O)C(=O)N(CCSCc3ccccc3)C[C@@H]2N1C(=O)NCc1ccccc1. The third kappa shape index (κ3) is 7.14. The lowest BCUT2D eigenvalue weighted by molar-refractivity contribution is -0.189. The molecule has 0 spiro atoms. The Morgan fingerprint density at radius 3 is 2.38 bits per heavy atom. The molecule has 4 amide bonds. The zero-order chi connectivity index (χ0) is 28.5. The number of amides is 4. The molecule has 4 rings (SSSR count). The second-order valence-electron chi connectivity index (χ2n) is 9.57. The van der Waals surface area contributed by atoms with Gasteiger partial charge in [0.05, 0.1) is 19.6 Å². The highest BCUT2D eigenvalue weighted by molar-refractivity contribution is 7.98. The fourth-order valence-electron chi connectivity index (χ4n) is 4.97. The van der Waals surface area contributed by atoms with Gasteiger partial charge >= 0.3 is 12.0 Å². The van der Waals surface area contributed by atoms with Gasteiger partial charge in [0.2, 0.25) is 11.8 Å². The molecular weight excluding hydrogens is 530 g/mol. The van der Waals surface area contributed by atoms with Crippen molar-refractivity contribution < 1.29 is 24.3 Å². The number of carboxylic acid groups (broad SMARTS) is 1. The lowest BCUT2D eigenvalue weighted by atomic mass is 10.0. The van der Waals surface area contributed by atoms with Crippen LogP contribution in [0.2, 0.25) is 0 Å². The molecule has 0 unspecified atom stereocenters. The van der Waals surface area contributed by atoms with Gasteiger partial charge in [0.25, 0.3) is 0 Å². The second-order valence-corrected chi connectivity index (χ2v) is 10.7. The van der Waals surface area contributed by atoms with Crippen molar-refractivity contribution in [1.29, 1.82) is 0 Å². The predicted molar refractivity (Wildman–Crippen MR) is 151 cm³/mol. The maximum atomic E-state index is 13.6. The number of nitrogens with one attached hydrogen (secondary N) is 1. The van der Waals surface area contributed by atoms with Crippen LogP contribution in [-0.4, -0.2) is 92.9 Å². The van der Waals surface area contributed by atoms with Gasteiger partial charge < -0.3 is 20.2 Å². The number of hydrazine groups is 1. The molecule has 2 atom stereocenters. The molecule has 2 aromatic carbocycles. The Morgan fingerprint density at radius 2 is 1.73 bits per heavy atom. The van der Waals surface area contributed by atoms with E-state index in [4.69, 9.17) is 6.42 Å². The number of piperazine rings is 1. The minimum Gasteiger partial charge on any atom is -0.481 e. The molecule has 210 valence electrons. The van der Waals surface area contributed by atoms with Gasteiger partial charge in [-0.05, 0) is 17.5 Å². The first-order valence-corrected chi connectivity index (χ1v) is 14.3. The summed E-state index contributed by atoms with van der Waals surface area (Å²) >= 11 is 1.67. The molecule has 2 aliphatic rings. The smallest absolute Gasteiger partial charge is 0.334 e. The van der Waals surface area contributed by atoms with Gasteiger partial charge in [0, 0.05) is 31.0 Å². The lowest BCUT2D eigenvalue weighted by Gasteiger charge is -2.54. The van der Waals surface area contributed by atoms with Crippen LogP contribution in [0, 0.1) is 12.3 Å². The van der Waals surface area contributed by atoms with Gasteiger partial charge in [0.15, 0.2) is 0 Å². The van der Waals surface area contributed by atoms with E-state index in [9.17, 15) is 24.3 Å². The molecule has 2 saturated heterocycles. The van der Waals surface area contributed by atoms with E-state index in [1.807, 2.05) is 60.7 Å². The Kier molecular flexibility index (Phi) is 10.0. The highest BCUT2D eigenvalue weighted by atomic mass is 32.2. The summed E-state index contributed by atoms with van der Waals surface area (Å²) in [6, 6.07) is 18.0. The first kappa shape index (κ1) is 29.0. The van der Waals surface area contributed by atoms with E-state index in [0.29, 0.717) is 12.3 Å². The molecule has 0 aliphatic carbocycles. The Balaban J connectivity index is 1.54. The molecule has 0 aromatic heterocycles. The maximum absolute atomic E-state index is 13.6. The van der Waals surface area contributed by atoms with Gasteiger partial charge in [-0.3, -0.25) is 14.4 Å². The number of fused-ring (bicyclic) bond motifs is 1. The third-order valence-electron chi connectivity index (χ3n) is 6.85. The van der Waals surface area contributed by atoms with Gasteiger partial charge in [-0.15, -0.1) is 6.42 Å². The van der Waals surface area contributed by atoms with Crippen LogP contribution in [0.15, 0.2) is 60.7 Å². The first-order valence-electron chi connectivity index (χ1n) is 13.1. The Labute approximate surface area is 238 Å². The number of carbonyl (C=O) groups excluding carboxylic acids is 3. The largest absolute Gasteiger partial charge is 0.481 e. The van der Waals surface area contributed by atoms with Crippen LogP contribution in [0.25, 0.3) is 0 Å². The summed E-state index contributed by atoms with van der Waals surface area (Å²) in [5, 5.41) is 15.2. The number of hydrogen-bond acceptors (Lipinski definition) is 6. The van der Waals surface area contributed by atoms with Gasteiger partial charge in [-0.25, -0.2) is 9.80 Å². The standard InChI is InChI=1S/C29H33N5O5S/c1-2-15-32-20-26(35)33-24(13-14-27(36)37)28(38)31(16-17-40-21-23-11-7-4-8-12-23)19-25(33)34(32)29(39)30-18-22-9-5-3-6-10-22/h1,3-12,24-25H,13-21H2,(H,30,39)(H,36,37)/t24-,25-/m0/s1. The van der Waals surface area contributed by atoms with Crippen LogP contribution in [0.4, 0.5) is 4.79 Å². The van der Waals surface area contributed by atoms with Gasteiger partial charge in [-0.1, -0.05) is 66.6 Å². The number of terminal acetylenes is 1. The van der Waals surface area contributed by atoms with E-state index in [0.717, 1.165) is 11.3 Å². The molecule has 2 aliphatic heterocycles. The fraction of sp³-hybridized carbons (Fsp3) is 0.379. The monoisotopic (exact) mass is 563 g/mol. The minimum atomic E-state index is -1.06. The Hall–Kier alpha value is -4.01. The summed E-state index contributed by atoms with van der Waals surface area (Å²) in [6.45, 7) is 0.591. The lowest BCUT2D eigenvalue weighted by Crippen LogP contribution is -2.76. The quantitative estimate of drug-likeness (QED) is 0.318. The second kappa shape index (κ2) is 13.9. The zero-order valence-corrected chi connectivity index (χ0v) is 23.0.